The van der Waals surface area contributed by atoms with Gasteiger partial charge in [-0.05, 0) is 60.9 Å². The fourth-order valence-corrected chi connectivity index (χ4v) is 5.64. The lowest BCUT2D eigenvalue weighted by Crippen LogP contribution is -2.35. The molecule has 0 amide bonds. The summed E-state index contributed by atoms with van der Waals surface area (Å²) < 4.78 is 30.7. The van der Waals surface area contributed by atoms with Gasteiger partial charge in [0.1, 0.15) is 18.4 Å². The molecule has 0 bridgehead atoms. The number of esters is 2. The van der Waals surface area contributed by atoms with Crippen LogP contribution < -0.4 is 9.61 Å². The third kappa shape index (κ3) is 6.84. The van der Waals surface area contributed by atoms with Crippen molar-refractivity contribution in [2.45, 2.75) is 38.9 Å². The largest absolute Gasteiger partial charge is 0.465 e. The summed E-state index contributed by atoms with van der Waals surface area (Å²) in [6, 6.07) is 18.9. The molecule has 3 rings (SSSR count). The van der Waals surface area contributed by atoms with E-state index >= 15 is 0 Å². The third-order valence-electron chi connectivity index (χ3n) is 5.58. The number of carbonyl (C=O) groups excluding carboxylic acids is 2. The summed E-state index contributed by atoms with van der Waals surface area (Å²) in [4.78, 5) is 24.7. The first-order valence-electron chi connectivity index (χ1n) is 11.9. The van der Waals surface area contributed by atoms with Crippen LogP contribution in [0.15, 0.2) is 79.4 Å². The van der Waals surface area contributed by atoms with Crippen molar-refractivity contribution in [3.05, 3.63) is 90.5 Å². The molecule has 0 saturated carbocycles. The molecule has 0 aliphatic carbocycles. The van der Waals surface area contributed by atoms with Crippen LogP contribution in [0.2, 0.25) is 0 Å². The van der Waals surface area contributed by atoms with E-state index in [2.05, 4.69) is 11.7 Å². The predicted octanol–water partition coefficient (Wildman–Crippen LogP) is 6.45. The smallest absolute Gasteiger partial charge is 0.338 e. The molecular weight excluding hydrogens is 477 g/mol. The first kappa shape index (κ1) is 27.2. The monoisotopic (exact) mass is 509 g/mol. The topological polar surface area (TPSA) is 90.9 Å². The second-order valence-electron chi connectivity index (χ2n) is 8.40. The average Bonchev–Trinajstić information content (AvgIpc) is 2.89. The van der Waals surface area contributed by atoms with Crippen molar-refractivity contribution >= 4 is 30.2 Å². The Balaban J connectivity index is 1.95. The number of nitrogens with one attached hydrogen (secondary N) is 1. The molecule has 0 aliphatic rings. The fraction of sp³-hybridized carbons (Fsp3) is 0.286. The van der Waals surface area contributed by atoms with Crippen molar-refractivity contribution in [3.63, 3.8) is 0 Å². The van der Waals surface area contributed by atoms with Gasteiger partial charge < -0.3 is 14.0 Å². The highest BCUT2D eigenvalue weighted by molar-refractivity contribution is 7.57. The molecule has 0 spiro atoms. The summed E-state index contributed by atoms with van der Waals surface area (Å²) in [5.41, 5.74) is 0.503. The van der Waals surface area contributed by atoms with Gasteiger partial charge in [-0.25, -0.2) is 9.88 Å². The SMILES string of the molecule is C=CCOC(=O)c1ccc2ccc(C(C)P(=O)(NC(C)C(=O)OCCC)Oc3ccccc3)cc2c1. The van der Waals surface area contributed by atoms with Crippen molar-refractivity contribution in [2.75, 3.05) is 13.2 Å². The highest BCUT2D eigenvalue weighted by Gasteiger charge is 2.37. The molecule has 3 atom stereocenters. The van der Waals surface area contributed by atoms with Crippen LogP contribution in [-0.4, -0.2) is 31.2 Å². The predicted molar refractivity (Wildman–Crippen MR) is 141 cm³/mol. The Bertz CT molecular complexity index is 1260. The van der Waals surface area contributed by atoms with Gasteiger partial charge in [0.25, 0.3) is 0 Å². The van der Waals surface area contributed by atoms with Crippen LogP contribution in [-0.2, 0) is 18.8 Å². The summed E-state index contributed by atoms with van der Waals surface area (Å²) in [6.45, 7) is 9.25. The van der Waals surface area contributed by atoms with Gasteiger partial charge in [-0.1, -0.05) is 62.0 Å². The number of carbonyl (C=O) groups is 2. The van der Waals surface area contributed by atoms with E-state index in [4.69, 9.17) is 14.0 Å². The van der Waals surface area contributed by atoms with Gasteiger partial charge in [0, 0.05) is 0 Å². The molecule has 0 heterocycles. The quantitative estimate of drug-likeness (QED) is 0.170. The first-order valence-corrected chi connectivity index (χ1v) is 13.6. The summed E-state index contributed by atoms with van der Waals surface area (Å²) in [5, 5.41) is 4.62. The van der Waals surface area contributed by atoms with E-state index in [1.165, 1.54) is 6.08 Å². The van der Waals surface area contributed by atoms with Crippen molar-refractivity contribution in [3.8, 4) is 5.75 Å². The maximum atomic E-state index is 14.3. The minimum atomic E-state index is -3.67. The standard InChI is InChI=1S/C28H32NO6P/c1-5-16-33-27(30)20(3)29-36(32,35-26-10-8-7-9-11-26)21(4)23-14-12-22-13-15-24(19-25(22)18-23)28(31)34-17-6-2/h6-15,18-21H,2,5,16-17H2,1,3-4H3,(H,29,32). The molecule has 3 aromatic carbocycles. The molecule has 0 aromatic heterocycles. The van der Waals surface area contributed by atoms with Gasteiger partial charge in [0.05, 0.1) is 17.8 Å². The number of rotatable bonds is 12. The zero-order chi connectivity index (χ0) is 26.1. The lowest BCUT2D eigenvalue weighted by Gasteiger charge is -2.28. The summed E-state index contributed by atoms with van der Waals surface area (Å²) in [6.07, 6.45) is 2.20. The Morgan fingerprint density at radius 3 is 2.42 bits per heavy atom. The van der Waals surface area contributed by atoms with Gasteiger partial charge in [0.2, 0.25) is 0 Å². The molecule has 3 unspecified atom stereocenters. The number of benzene rings is 3. The normalized spacial score (nSPS) is 14.3. The molecule has 8 heteroatoms. The van der Waals surface area contributed by atoms with Crippen molar-refractivity contribution in [1.29, 1.82) is 0 Å². The van der Waals surface area contributed by atoms with Crippen LogP contribution >= 0.6 is 7.52 Å². The van der Waals surface area contributed by atoms with E-state index in [1.54, 1.807) is 50.2 Å². The van der Waals surface area contributed by atoms with Crippen molar-refractivity contribution in [1.82, 2.24) is 5.09 Å². The van der Waals surface area contributed by atoms with E-state index in [0.29, 0.717) is 17.7 Å². The number of ether oxygens (including phenoxy) is 2. The Morgan fingerprint density at radius 2 is 1.72 bits per heavy atom. The number of hydrogen-bond acceptors (Lipinski definition) is 6. The first-order chi connectivity index (χ1) is 17.3. The second kappa shape index (κ2) is 12.5. The van der Waals surface area contributed by atoms with Crippen molar-refractivity contribution in [2.24, 2.45) is 0 Å². The molecule has 0 fully saturated rings. The molecule has 190 valence electrons. The summed E-state index contributed by atoms with van der Waals surface area (Å²) >= 11 is 0. The zero-order valence-corrected chi connectivity index (χ0v) is 21.7. The molecule has 0 radical (unpaired) electrons. The molecule has 3 aromatic rings. The number of para-hydroxylation sites is 1. The van der Waals surface area contributed by atoms with Crippen LogP contribution in [0.4, 0.5) is 0 Å². The maximum absolute atomic E-state index is 14.3. The number of fused-ring (bicyclic) bond motifs is 1. The van der Waals surface area contributed by atoms with E-state index in [-0.39, 0.29) is 13.2 Å². The fourth-order valence-electron chi connectivity index (χ4n) is 3.57. The zero-order valence-electron chi connectivity index (χ0n) is 20.8. The van der Waals surface area contributed by atoms with Gasteiger partial charge in [0.15, 0.2) is 0 Å². The highest BCUT2D eigenvalue weighted by atomic mass is 31.2. The van der Waals surface area contributed by atoms with Gasteiger partial charge in [-0.2, -0.15) is 0 Å². The molecule has 36 heavy (non-hydrogen) atoms. The minimum absolute atomic E-state index is 0.124. The van der Waals surface area contributed by atoms with Gasteiger partial charge >= 0.3 is 19.5 Å². The van der Waals surface area contributed by atoms with Crippen LogP contribution in [0.1, 0.15) is 48.8 Å². The molecule has 7 nitrogen and oxygen atoms in total. The highest BCUT2D eigenvalue weighted by Crippen LogP contribution is 2.56. The third-order valence-corrected chi connectivity index (χ3v) is 8.13. The van der Waals surface area contributed by atoms with Crippen LogP contribution in [0, 0.1) is 0 Å². The lowest BCUT2D eigenvalue weighted by molar-refractivity contribution is -0.145. The minimum Gasteiger partial charge on any atom is -0.465 e. The van der Waals surface area contributed by atoms with Crippen LogP contribution in [0.3, 0.4) is 0 Å². The van der Waals surface area contributed by atoms with Crippen LogP contribution in [0.5, 0.6) is 5.75 Å². The molecule has 0 saturated heterocycles. The van der Waals surface area contributed by atoms with Crippen LogP contribution in [0.25, 0.3) is 10.8 Å². The maximum Gasteiger partial charge on any atom is 0.338 e. The lowest BCUT2D eigenvalue weighted by atomic mass is 10.0. The number of hydrogen-bond donors (Lipinski definition) is 1. The molecule has 0 aliphatic heterocycles. The van der Waals surface area contributed by atoms with E-state index in [9.17, 15) is 14.2 Å². The Labute approximate surface area is 212 Å². The Hall–Kier alpha value is -3.41. The van der Waals surface area contributed by atoms with Gasteiger partial charge in [-0.15, -0.1) is 0 Å². The second-order valence-corrected chi connectivity index (χ2v) is 10.8. The summed E-state index contributed by atoms with van der Waals surface area (Å²) in [7, 11) is -3.67. The molecular formula is C28H32NO6P. The summed E-state index contributed by atoms with van der Waals surface area (Å²) in [5.74, 6) is -0.529. The van der Waals surface area contributed by atoms with E-state index in [1.807, 2.05) is 37.3 Å². The molecule has 1 N–H and O–H groups in total. The van der Waals surface area contributed by atoms with Crippen molar-refractivity contribution < 1.29 is 28.2 Å². The van der Waals surface area contributed by atoms with E-state index in [0.717, 1.165) is 16.3 Å². The Morgan fingerprint density at radius 1 is 1.00 bits per heavy atom. The average molecular weight is 510 g/mol. The van der Waals surface area contributed by atoms with Gasteiger partial charge in [-0.3, -0.25) is 9.36 Å². The Kier molecular flexibility index (Phi) is 9.45. The van der Waals surface area contributed by atoms with E-state index < -0.39 is 31.2 Å².